The fourth-order valence-corrected chi connectivity index (χ4v) is 1.08. The Hall–Kier alpha value is 0.310. The largest absolute Gasteiger partial charge is 0.292 e. The first-order chi connectivity index (χ1) is 3.72. The van der Waals surface area contributed by atoms with Gasteiger partial charge in [-0.25, -0.2) is 0 Å². The zero-order valence-electron chi connectivity index (χ0n) is 5.89. The number of rotatable bonds is 3. The Labute approximate surface area is 57.5 Å². The summed E-state index contributed by atoms with van der Waals surface area (Å²) in [6, 6.07) is 0. The van der Waals surface area contributed by atoms with Gasteiger partial charge < -0.3 is 0 Å². The summed E-state index contributed by atoms with van der Waals surface area (Å²) in [7, 11) is 0. The van der Waals surface area contributed by atoms with Gasteiger partial charge in [0, 0.05) is 5.37 Å². The van der Waals surface area contributed by atoms with Crippen LogP contribution in [0, 0.1) is 0 Å². The standard InChI is InChI=1S/C6H15NS/c1-4-7(5-2)6(3)8/h6,8H,4-5H2,1-3H3. The fraction of sp³-hybridized carbons (Fsp3) is 1.00. The molecule has 0 rings (SSSR count). The van der Waals surface area contributed by atoms with E-state index in [0.29, 0.717) is 5.37 Å². The zero-order valence-corrected chi connectivity index (χ0v) is 6.78. The summed E-state index contributed by atoms with van der Waals surface area (Å²) in [5, 5.41) is 0.407. The molecule has 0 aromatic heterocycles. The van der Waals surface area contributed by atoms with Crippen molar-refractivity contribution in [2.45, 2.75) is 26.1 Å². The third-order valence-corrected chi connectivity index (χ3v) is 1.67. The van der Waals surface area contributed by atoms with Crippen molar-refractivity contribution in [3.8, 4) is 0 Å². The van der Waals surface area contributed by atoms with Crippen molar-refractivity contribution in [2.24, 2.45) is 0 Å². The Kier molecular flexibility index (Phi) is 4.38. The van der Waals surface area contributed by atoms with Gasteiger partial charge in [-0.1, -0.05) is 13.8 Å². The topological polar surface area (TPSA) is 3.24 Å². The molecule has 0 saturated heterocycles. The number of thiol groups is 1. The highest BCUT2D eigenvalue weighted by molar-refractivity contribution is 7.80. The summed E-state index contributed by atoms with van der Waals surface area (Å²) in [5.41, 5.74) is 0. The molecule has 1 unspecified atom stereocenters. The first-order valence-electron chi connectivity index (χ1n) is 3.14. The van der Waals surface area contributed by atoms with E-state index < -0.39 is 0 Å². The summed E-state index contributed by atoms with van der Waals surface area (Å²) in [6.07, 6.45) is 0. The molecule has 0 aliphatic heterocycles. The van der Waals surface area contributed by atoms with Crippen LogP contribution in [-0.2, 0) is 0 Å². The van der Waals surface area contributed by atoms with Crippen molar-refractivity contribution in [2.75, 3.05) is 13.1 Å². The second-order valence-electron chi connectivity index (χ2n) is 1.85. The molecule has 8 heavy (non-hydrogen) atoms. The smallest absolute Gasteiger partial charge is 0.0498 e. The van der Waals surface area contributed by atoms with Gasteiger partial charge in [-0.2, -0.15) is 12.6 Å². The Balaban J connectivity index is 3.35. The van der Waals surface area contributed by atoms with Crippen LogP contribution in [0.15, 0.2) is 0 Å². The minimum atomic E-state index is 0.407. The predicted octanol–water partition coefficient (Wildman–Crippen LogP) is 1.60. The molecule has 50 valence electrons. The number of hydrogen-bond donors (Lipinski definition) is 1. The third-order valence-electron chi connectivity index (χ3n) is 1.34. The van der Waals surface area contributed by atoms with Gasteiger partial charge in [-0.3, -0.25) is 4.90 Å². The lowest BCUT2D eigenvalue weighted by Gasteiger charge is -2.21. The van der Waals surface area contributed by atoms with Crippen LogP contribution in [0.3, 0.4) is 0 Å². The van der Waals surface area contributed by atoms with Gasteiger partial charge in [-0.05, 0) is 20.0 Å². The average molecular weight is 133 g/mol. The molecule has 0 bridgehead atoms. The van der Waals surface area contributed by atoms with E-state index in [2.05, 4.69) is 38.3 Å². The number of nitrogens with zero attached hydrogens (tertiary/aromatic N) is 1. The summed E-state index contributed by atoms with van der Waals surface area (Å²) >= 11 is 4.28. The van der Waals surface area contributed by atoms with Crippen molar-refractivity contribution < 1.29 is 0 Å². The van der Waals surface area contributed by atoms with E-state index in [1.807, 2.05) is 0 Å². The normalized spacial score (nSPS) is 14.6. The van der Waals surface area contributed by atoms with Crippen LogP contribution in [0.2, 0.25) is 0 Å². The Bertz CT molecular complexity index is 50.5. The van der Waals surface area contributed by atoms with Crippen LogP contribution in [0.5, 0.6) is 0 Å². The van der Waals surface area contributed by atoms with E-state index in [9.17, 15) is 0 Å². The molecule has 0 spiro atoms. The van der Waals surface area contributed by atoms with Crippen molar-refractivity contribution in [1.82, 2.24) is 4.90 Å². The van der Waals surface area contributed by atoms with E-state index in [1.165, 1.54) is 0 Å². The van der Waals surface area contributed by atoms with E-state index in [4.69, 9.17) is 0 Å². The van der Waals surface area contributed by atoms with E-state index in [0.717, 1.165) is 13.1 Å². The van der Waals surface area contributed by atoms with E-state index in [1.54, 1.807) is 0 Å². The van der Waals surface area contributed by atoms with Crippen LogP contribution in [0.4, 0.5) is 0 Å². The summed E-state index contributed by atoms with van der Waals surface area (Å²) in [6.45, 7) is 8.59. The monoisotopic (exact) mass is 133 g/mol. The number of hydrogen-bond acceptors (Lipinski definition) is 2. The quantitative estimate of drug-likeness (QED) is 0.452. The Morgan fingerprint density at radius 2 is 1.75 bits per heavy atom. The van der Waals surface area contributed by atoms with Crippen LogP contribution < -0.4 is 0 Å². The van der Waals surface area contributed by atoms with Crippen molar-refractivity contribution in [3.05, 3.63) is 0 Å². The fourth-order valence-electron chi connectivity index (χ4n) is 0.752. The molecule has 0 aromatic rings. The van der Waals surface area contributed by atoms with Gasteiger partial charge in [0.1, 0.15) is 0 Å². The van der Waals surface area contributed by atoms with Crippen LogP contribution in [0.1, 0.15) is 20.8 Å². The van der Waals surface area contributed by atoms with Gasteiger partial charge in [-0.15, -0.1) is 0 Å². The molecule has 0 fully saturated rings. The minimum absolute atomic E-state index is 0.407. The predicted molar refractivity (Wildman–Crippen MR) is 41.4 cm³/mol. The summed E-state index contributed by atoms with van der Waals surface area (Å²) in [5.74, 6) is 0. The SMILES string of the molecule is CCN(CC)C(C)S. The molecular weight excluding hydrogens is 118 g/mol. The van der Waals surface area contributed by atoms with Gasteiger partial charge in [0.25, 0.3) is 0 Å². The van der Waals surface area contributed by atoms with Crippen molar-refractivity contribution >= 4 is 12.6 Å². The Morgan fingerprint density at radius 3 is 1.75 bits per heavy atom. The van der Waals surface area contributed by atoms with E-state index >= 15 is 0 Å². The molecule has 0 amide bonds. The molecule has 1 nitrogen and oxygen atoms in total. The molecular formula is C6H15NS. The highest BCUT2D eigenvalue weighted by Crippen LogP contribution is 1.99. The van der Waals surface area contributed by atoms with E-state index in [-0.39, 0.29) is 0 Å². The zero-order chi connectivity index (χ0) is 6.57. The van der Waals surface area contributed by atoms with Gasteiger partial charge in [0.05, 0.1) is 0 Å². The van der Waals surface area contributed by atoms with Crippen LogP contribution in [0.25, 0.3) is 0 Å². The maximum absolute atomic E-state index is 4.28. The maximum atomic E-state index is 4.28. The molecule has 0 heterocycles. The first kappa shape index (κ1) is 8.31. The first-order valence-corrected chi connectivity index (χ1v) is 3.66. The lowest BCUT2D eigenvalue weighted by atomic mass is 10.5. The van der Waals surface area contributed by atoms with Crippen molar-refractivity contribution in [3.63, 3.8) is 0 Å². The molecule has 1 atom stereocenters. The second kappa shape index (κ2) is 4.21. The highest BCUT2D eigenvalue weighted by Gasteiger charge is 2.01. The Morgan fingerprint density at radius 1 is 1.38 bits per heavy atom. The summed E-state index contributed by atoms with van der Waals surface area (Å²) < 4.78 is 0. The van der Waals surface area contributed by atoms with Crippen LogP contribution in [-0.4, -0.2) is 23.4 Å². The second-order valence-corrected chi connectivity index (χ2v) is 2.60. The molecule has 0 N–H and O–H groups in total. The lowest BCUT2D eigenvalue weighted by molar-refractivity contribution is 0.298. The van der Waals surface area contributed by atoms with Gasteiger partial charge in [0.15, 0.2) is 0 Å². The van der Waals surface area contributed by atoms with Gasteiger partial charge >= 0.3 is 0 Å². The third kappa shape index (κ3) is 2.58. The van der Waals surface area contributed by atoms with Gasteiger partial charge in [0.2, 0.25) is 0 Å². The minimum Gasteiger partial charge on any atom is -0.292 e. The molecule has 0 aliphatic rings. The molecule has 0 saturated carbocycles. The highest BCUT2D eigenvalue weighted by atomic mass is 32.1. The lowest BCUT2D eigenvalue weighted by Crippen LogP contribution is -2.28. The molecule has 0 aromatic carbocycles. The summed E-state index contributed by atoms with van der Waals surface area (Å²) in [4.78, 5) is 2.28. The molecule has 0 radical (unpaired) electrons. The molecule has 2 heteroatoms. The van der Waals surface area contributed by atoms with Crippen LogP contribution >= 0.6 is 12.6 Å². The average Bonchev–Trinajstić information content (AvgIpc) is 1.69. The van der Waals surface area contributed by atoms with Crippen molar-refractivity contribution in [1.29, 1.82) is 0 Å². The maximum Gasteiger partial charge on any atom is 0.0498 e. The molecule has 0 aliphatic carbocycles.